The lowest BCUT2D eigenvalue weighted by Crippen LogP contribution is -2.29. The normalized spacial score (nSPS) is 20.9. The van der Waals surface area contributed by atoms with Gasteiger partial charge in [-0.3, -0.25) is 4.79 Å². The van der Waals surface area contributed by atoms with Gasteiger partial charge in [-0.15, -0.1) is 0 Å². The van der Waals surface area contributed by atoms with Gasteiger partial charge in [0.25, 0.3) is 5.91 Å². The van der Waals surface area contributed by atoms with Crippen molar-refractivity contribution < 1.29 is 14.3 Å². The number of anilines is 1. The number of fused-ring (bicyclic) bond motifs is 1. The van der Waals surface area contributed by atoms with E-state index in [0.717, 1.165) is 25.9 Å². The van der Waals surface area contributed by atoms with Crippen LogP contribution >= 0.6 is 0 Å². The number of rotatable bonds is 2. The topological polar surface area (TPSA) is 64.8 Å². The second-order valence-electron chi connectivity index (χ2n) is 5.11. The minimum atomic E-state index is -0.00764. The molecule has 0 saturated carbocycles. The van der Waals surface area contributed by atoms with Crippen LogP contribution in [0.3, 0.4) is 0 Å². The molecule has 0 bridgehead atoms. The summed E-state index contributed by atoms with van der Waals surface area (Å²) in [5, 5.41) is 0. The summed E-state index contributed by atoms with van der Waals surface area (Å²) in [7, 11) is 0. The molecule has 2 aliphatic heterocycles. The minimum absolute atomic E-state index is 0.00764. The molecule has 2 aliphatic rings. The quantitative estimate of drug-likeness (QED) is 0.826. The van der Waals surface area contributed by atoms with Crippen molar-refractivity contribution in [2.75, 3.05) is 25.6 Å². The fraction of sp³-hybridized carbons (Fsp3) is 0.500. The lowest BCUT2D eigenvalue weighted by molar-refractivity contribution is 0.0787. The smallest absolute Gasteiger partial charge is 0.256 e. The predicted molar refractivity (Wildman–Crippen MR) is 71.3 cm³/mol. The molecule has 1 aromatic carbocycles. The summed E-state index contributed by atoms with van der Waals surface area (Å²) in [6.07, 6.45) is 2.19. The summed E-state index contributed by atoms with van der Waals surface area (Å²) in [5.41, 5.74) is 6.91. The van der Waals surface area contributed by atoms with Gasteiger partial charge in [0.1, 0.15) is 0 Å². The Hall–Kier alpha value is -1.91. The molecule has 1 fully saturated rings. The predicted octanol–water partition coefficient (Wildman–Crippen LogP) is 1.87. The van der Waals surface area contributed by atoms with Gasteiger partial charge in [-0.2, -0.15) is 0 Å². The minimum Gasteiger partial charge on any atom is -0.454 e. The van der Waals surface area contributed by atoms with Crippen LogP contribution in [0, 0.1) is 5.92 Å². The van der Waals surface area contributed by atoms with Crippen molar-refractivity contribution in [2.45, 2.75) is 19.8 Å². The largest absolute Gasteiger partial charge is 0.454 e. The van der Waals surface area contributed by atoms with E-state index in [4.69, 9.17) is 15.2 Å². The highest BCUT2D eigenvalue weighted by Crippen LogP contribution is 2.36. The zero-order chi connectivity index (χ0) is 13.4. The molecule has 1 amide bonds. The number of likely N-dealkylation sites (tertiary alicyclic amines) is 1. The maximum Gasteiger partial charge on any atom is 0.256 e. The van der Waals surface area contributed by atoms with E-state index in [-0.39, 0.29) is 12.7 Å². The summed E-state index contributed by atoms with van der Waals surface area (Å²) in [6, 6.07) is 3.36. The first-order valence-electron chi connectivity index (χ1n) is 6.67. The first kappa shape index (κ1) is 12.1. The van der Waals surface area contributed by atoms with Crippen LogP contribution in [0.1, 0.15) is 30.1 Å². The summed E-state index contributed by atoms with van der Waals surface area (Å²) >= 11 is 0. The van der Waals surface area contributed by atoms with E-state index in [9.17, 15) is 4.79 Å². The molecule has 102 valence electrons. The molecule has 0 spiro atoms. The second-order valence-corrected chi connectivity index (χ2v) is 5.11. The number of nitrogens with zero attached hydrogens (tertiary/aromatic N) is 1. The van der Waals surface area contributed by atoms with Crippen molar-refractivity contribution in [2.24, 2.45) is 5.92 Å². The molecule has 0 radical (unpaired) electrons. The van der Waals surface area contributed by atoms with Crippen LogP contribution in [-0.2, 0) is 0 Å². The van der Waals surface area contributed by atoms with E-state index in [0.29, 0.717) is 28.7 Å². The molecular formula is C14H18N2O3. The number of carbonyl (C=O) groups excluding carboxylic acids is 1. The zero-order valence-corrected chi connectivity index (χ0v) is 11.0. The summed E-state index contributed by atoms with van der Waals surface area (Å²) in [4.78, 5) is 14.4. The summed E-state index contributed by atoms with van der Waals surface area (Å²) in [6.45, 7) is 3.98. The molecule has 2 heterocycles. The van der Waals surface area contributed by atoms with Gasteiger partial charge >= 0.3 is 0 Å². The standard InChI is InChI=1S/C14H18N2O3/c1-2-9-3-4-16(7-9)14(17)10-5-12-13(6-11(10)15)19-8-18-12/h5-6,9H,2-4,7-8,15H2,1H3. The van der Waals surface area contributed by atoms with Crippen LogP contribution < -0.4 is 15.2 Å². The van der Waals surface area contributed by atoms with Gasteiger partial charge < -0.3 is 20.1 Å². The van der Waals surface area contributed by atoms with E-state index >= 15 is 0 Å². The Balaban J connectivity index is 1.84. The van der Waals surface area contributed by atoms with Gasteiger partial charge in [-0.05, 0) is 18.4 Å². The molecular weight excluding hydrogens is 244 g/mol. The van der Waals surface area contributed by atoms with Gasteiger partial charge in [-0.1, -0.05) is 13.3 Å². The molecule has 1 aromatic rings. The molecule has 5 heteroatoms. The van der Waals surface area contributed by atoms with Crippen molar-refractivity contribution in [1.82, 2.24) is 4.90 Å². The van der Waals surface area contributed by atoms with Crippen molar-refractivity contribution in [3.8, 4) is 11.5 Å². The molecule has 2 N–H and O–H groups in total. The Kier molecular flexibility index (Phi) is 2.97. The van der Waals surface area contributed by atoms with Gasteiger partial charge in [0.2, 0.25) is 6.79 Å². The lowest BCUT2D eigenvalue weighted by Gasteiger charge is -2.17. The fourth-order valence-corrected chi connectivity index (χ4v) is 2.66. The van der Waals surface area contributed by atoms with E-state index in [1.807, 2.05) is 4.90 Å². The second kappa shape index (κ2) is 4.64. The number of benzene rings is 1. The average Bonchev–Trinajstić information content (AvgIpc) is 3.05. The first-order valence-corrected chi connectivity index (χ1v) is 6.67. The van der Waals surface area contributed by atoms with Crippen molar-refractivity contribution >= 4 is 11.6 Å². The van der Waals surface area contributed by atoms with Crippen molar-refractivity contribution in [1.29, 1.82) is 0 Å². The molecule has 0 aromatic heterocycles. The molecule has 1 atom stereocenters. The molecule has 5 nitrogen and oxygen atoms in total. The maximum atomic E-state index is 12.5. The fourth-order valence-electron chi connectivity index (χ4n) is 2.66. The molecule has 1 unspecified atom stereocenters. The van der Waals surface area contributed by atoms with E-state index in [2.05, 4.69) is 6.92 Å². The highest BCUT2D eigenvalue weighted by molar-refractivity contribution is 6.00. The van der Waals surface area contributed by atoms with Crippen LogP contribution in [0.2, 0.25) is 0 Å². The molecule has 0 aliphatic carbocycles. The number of hydrogen-bond acceptors (Lipinski definition) is 4. The highest BCUT2D eigenvalue weighted by Gasteiger charge is 2.28. The van der Waals surface area contributed by atoms with Gasteiger partial charge in [0.15, 0.2) is 11.5 Å². The first-order chi connectivity index (χ1) is 9.19. The van der Waals surface area contributed by atoms with Gasteiger partial charge in [0, 0.05) is 24.8 Å². The third-order valence-corrected chi connectivity index (χ3v) is 3.93. The van der Waals surface area contributed by atoms with Gasteiger partial charge in [0.05, 0.1) is 5.56 Å². The van der Waals surface area contributed by atoms with Crippen LogP contribution in [0.4, 0.5) is 5.69 Å². The number of nitrogens with two attached hydrogens (primary N) is 1. The third kappa shape index (κ3) is 2.09. The molecule has 3 rings (SSSR count). The Morgan fingerprint density at radius 1 is 1.42 bits per heavy atom. The van der Waals surface area contributed by atoms with Crippen LogP contribution in [0.25, 0.3) is 0 Å². The van der Waals surface area contributed by atoms with E-state index in [1.165, 1.54) is 0 Å². The monoisotopic (exact) mass is 262 g/mol. The number of nitrogen functional groups attached to an aromatic ring is 1. The van der Waals surface area contributed by atoms with Crippen LogP contribution in [-0.4, -0.2) is 30.7 Å². The number of carbonyl (C=O) groups is 1. The van der Waals surface area contributed by atoms with Gasteiger partial charge in [-0.25, -0.2) is 0 Å². The molecule has 19 heavy (non-hydrogen) atoms. The number of ether oxygens (including phenoxy) is 2. The van der Waals surface area contributed by atoms with Crippen molar-refractivity contribution in [3.63, 3.8) is 0 Å². The Labute approximate surface area is 112 Å². The van der Waals surface area contributed by atoms with Crippen LogP contribution in [0.5, 0.6) is 11.5 Å². The molecule has 1 saturated heterocycles. The Morgan fingerprint density at radius 3 is 2.84 bits per heavy atom. The highest BCUT2D eigenvalue weighted by atomic mass is 16.7. The summed E-state index contributed by atoms with van der Waals surface area (Å²) < 4.78 is 10.5. The lowest BCUT2D eigenvalue weighted by atomic mass is 10.1. The Morgan fingerprint density at radius 2 is 2.16 bits per heavy atom. The number of hydrogen-bond donors (Lipinski definition) is 1. The number of amides is 1. The summed E-state index contributed by atoms with van der Waals surface area (Å²) in [5.74, 6) is 1.82. The SMILES string of the molecule is CCC1CCN(C(=O)c2cc3c(cc2N)OCO3)C1. The maximum absolute atomic E-state index is 12.5. The van der Waals surface area contributed by atoms with Crippen molar-refractivity contribution in [3.05, 3.63) is 17.7 Å². The average molecular weight is 262 g/mol. The zero-order valence-electron chi connectivity index (χ0n) is 11.0. The third-order valence-electron chi connectivity index (χ3n) is 3.93. The van der Waals surface area contributed by atoms with E-state index in [1.54, 1.807) is 12.1 Å². The van der Waals surface area contributed by atoms with E-state index < -0.39 is 0 Å². The van der Waals surface area contributed by atoms with Crippen LogP contribution in [0.15, 0.2) is 12.1 Å². The Bertz CT molecular complexity index is 516.